The lowest BCUT2D eigenvalue weighted by atomic mass is 10.1. The van der Waals surface area contributed by atoms with E-state index in [1.807, 2.05) is 36.4 Å². The molecule has 0 N–H and O–H groups in total. The highest BCUT2D eigenvalue weighted by Crippen LogP contribution is 2.37. The van der Waals surface area contributed by atoms with Crippen LogP contribution in [0, 0.1) is 0 Å². The van der Waals surface area contributed by atoms with Gasteiger partial charge in [0.1, 0.15) is 11.5 Å². The largest absolute Gasteiger partial charge is 0.457 e. The van der Waals surface area contributed by atoms with Gasteiger partial charge in [0, 0.05) is 11.6 Å². The van der Waals surface area contributed by atoms with E-state index in [9.17, 15) is 4.79 Å². The summed E-state index contributed by atoms with van der Waals surface area (Å²) in [6, 6.07) is 16.8. The quantitative estimate of drug-likeness (QED) is 0.304. The van der Waals surface area contributed by atoms with E-state index in [0.29, 0.717) is 30.8 Å². The van der Waals surface area contributed by atoms with E-state index in [2.05, 4.69) is 6.92 Å². The molecule has 2 aromatic carbocycles. The molecule has 1 amide bonds. The second-order valence-corrected chi connectivity index (χ2v) is 8.86. The smallest absolute Gasteiger partial charge is 0.270 e. The molecule has 1 fully saturated rings. The van der Waals surface area contributed by atoms with Crippen LogP contribution in [0.15, 0.2) is 63.9 Å². The topological polar surface area (TPSA) is 33.5 Å². The van der Waals surface area contributed by atoms with Crippen molar-refractivity contribution in [2.75, 3.05) is 4.90 Å². The first kappa shape index (κ1) is 20.2. The van der Waals surface area contributed by atoms with Gasteiger partial charge in [-0.05, 0) is 54.4 Å². The molecule has 1 aliphatic heterocycles. The summed E-state index contributed by atoms with van der Waals surface area (Å²) < 4.78 is 6.38. The maximum Gasteiger partial charge on any atom is 0.270 e. The fourth-order valence-electron chi connectivity index (χ4n) is 2.94. The van der Waals surface area contributed by atoms with Crippen LogP contribution < -0.4 is 4.90 Å². The van der Waals surface area contributed by atoms with Crippen molar-refractivity contribution in [3.05, 3.63) is 80.9 Å². The number of furan rings is 1. The number of carbonyl (C=O) groups excluding carboxylic acids is 1. The minimum atomic E-state index is -0.156. The molecule has 4 rings (SSSR count). The van der Waals surface area contributed by atoms with Crippen LogP contribution in [-0.2, 0) is 11.2 Å². The van der Waals surface area contributed by atoms with Crippen molar-refractivity contribution in [2.24, 2.45) is 0 Å². The number of hydrogen-bond acceptors (Lipinski definition) is 4. The van der Waals surface area contributed by atoms with Crippen molar-refractivity contribution >= 4 is 69.2 Å². The molecule has 0 bridgehead atoms. The van der Waals surface area contributed by atoms with Crippen molar-refractivity contribution in [2.45, 2.75) is 13.3 Å². The molecule has 0 aliphatic carbocycles. The van der Waals surface area contributed by atoms with Crippen LogP contribution in [0.4, 0.5) is 5.69 Å². The van der Waals surface area contributed by atoms with E-state index < -0.39 is 0 Å². The summed E-state index contributed by atoms with van der Waals surface area (Å²) in [4.78, 5) is 15.0. The predicted octanol–water partition coefficient (Wildman–Crippen LogP) is 7.22. The van der Waals surface area contributed by atoms with Gasteiger partial charge in [-0.1, -0.05) is 66.2 Å². The van der Waals surface area contributed by atoms with Crippen molar-refractivity contribution in [1.29, 1.82) is 0 Å². The van der Waals surface area contributed by atoms with Gasteiger partial charge in [0.2, 0.25) is 0 Å². The van der Waals surface area contributed by atoms with Gasteiger partial charge in [0.25, 0.3) is 5.91 Å². The Bertz CT molecular complexity index is 1140. The first-order valence-corrected chi connectivity index (χ1v) is 10.9. The van der Waals surface area contributed by atoms with Gasteiger partial charge < -0.3 is 4.42 Å². The molecule has 29 heavy (non-hydrogen) atoms. The number of thiocarbonyl (C=S) groups is 1. The number of hydrogen-bond donors (Lipinski definition) is 0. The second-order valence-electron chi connectivity index (χ2n) is 6.37. The first-order valence-electron chi connectivity index (χ1n) is 8.88. The van der Waals surface area contributed by atoms with E-state index in [0.717, 1.165) is 17.7 Å². The van der Waals surface area contributed by atoms with E-state index in [4.69, 9.17) is 39.8 Å². The zero-order chi connectivity index (χ0) is 20.5. The van der Waals surface area contributed by atoms with E-state index in [1.54, 1.807) is 29.2 Å². The van der Waals surface area contributed by atoms with E-state index >= 15 is 0 Å². The molecule has 1 aliphatic rings. The van der Waals surface area contributed by atoms with E-state index in [1.165, 1.54) is 17.3 Å². The Morgan fingerprint density at radius 2 is 1.83 bits per heavy atom. The van der Waals surface area contributed by atoms with Crippen molar-refractivity contribution in [3.63, 3.8) is 0 Å². The van der Waals surface area contributed by atoms with Crippen LogP contribution in [0.2, 0.25) is 10.0 Å². The van der Waals surface area contributed by atoms with Gasteiger partial charge in [-0.25, -0.2) is 0 Å². The molecule has 3 nitrogen and oxygen atoms in total. The summed E-state index contributed by atoms with van der Waals surface area (Å²) in [6.45, 7) is 2.09. The summed E-state index contributed by atoms with van der Waals surface area (Å²) in [7, 11) is 0. The second kappa shape index (κ2) is 8.36. The molecule has 0 spiro atoms. The third-order valence-corrected chi connectivity index (χ3v) is 6.54. The minimum Gasteiger partial charge on any atom is -0.457 e. The van der Waals surface area contributed by atoms with Gasteiger partial charge >= 0.3 is 0 Å². The Balaban J connectivity index is 1.58. The predicted molar refractivity (Wildman–Crippen MR) is 126 cm³/mol. The molecule has 1 saturated heterocycles. The highest BCUT2D eigenvalue weighted by molar-refractivity contribution is 8.27. The highest BCUT2D eigenvalue weighted by Gasteiger charge is 2.33. The number of carbonyl (C=O) groups is 1. The Morgan fingerprint density at radius 3 is 2.52 bits per heavy atom. The average Bonchev–Trinajstić information content (AvgIpc) is 3.29. The van der Waals surface area contributed by atoms with Gasteiger partial charge in [0.05, 0.1) is 20.6 Å². The first-order chi connectivity index (χ1) is 14.0. The standard InChI is InChI=1S/C22H15Cl2NO2S2/c1-2-13-3-6-15(7-4-13)25-21(26)20(29-22(25)28)12-16-8-10-19(27-16)14-5-9-17(23)18(24)11-14/h3-12H,2H2,1H3. The molecule has 7 heteroatoms. The van der Waals surface area contributed by atoms with Gasteiger partial charge in [-0.3, -0.25) is 9.69 Å². The number of halogens is 2. The Morgan fingerprint density at radius 1 is 1.07 bits per heavy atom. The molecule has 0 unspecified atom stereocenters. The van der Waals surface area contributed by atoms with Crippen molar-refractivity contribution in [1.82, 2.24) is 0 Å². The van der Waals surface area contributed by atoms with Crippen LogP contribution in [-0.4, -0.2) is 10.2 Å². The zero-order valence-corrected chi connectivity index (χ0v) is 18.5. The summed E-state index contributed by atoms with van der Waals surface area (Å²) in [5.41, 5.74) is 2.78. The summed E-state index contributed by atoms with van der Waals surface area (Å²) in [6.07, 6.45) is 2.65. The normalized spacial score (nSPS) is 15.6. The Kier molecular flexibility index (Phi) is 5.83. The average molecular weight is 460 g/mol. The van der Waals surface area contributed by atoms with E-state index in [-0.39, 0.29) is 5.91 Å². The molecular formula is C22H15Cl2NO2S2. The van der Waals surface area contributed by atoms with Crippen LogP contribution in [0.1, 0.15) is 18.2 Å². The lowest BCUT2D eigenvalue weighted by Crippen LogP contribution is -2.27. The highest BCUT2D eigenvalue weighted by atomic mass is 35.5. The number of nitrogens with zero attached hydrogens (tertiary/aromatic N) is 1. The molecule has 2 heterocycles. The number of thioether (sulfide) groups is 1. The zero-order valence-electron chi connectivity index (χ0n) is 15.3. The summed E-state index contributed by atoms with van der Waals surface area (Å²) in [5.74, 6) is 1.05. The Labute approximate surface area is 188 Å². The maximum atomic E-state index is 12.9. The fraction of sp³-hybridized carbons (Fsp3) is 0.0909. The van der Waals surface area contributed by atoms with Gasteiger partial charge in [-0.15, -0.1) is 0 Å². The third-order valence-electron chi connectivity index (χ3n) is 4.50. The number of rotatable bonds is 4. The molecule has 146 valence electrons. The monoisotopic (exact) mass is 459 g/mol. The summed E-state index contributed by atoms with van der Waals surface area (Å²) in [5, 5.41) is 0.940. The number of aryl methyl sites for hydroxylation is 1. The molecule has 0 radical (unpaired) electrons. The fourth-order valence-corrected chi connectivity index (χ4v) is 4.51. The van der Waals surface area contributed by atoms with Crippen LogP contribution in [0.5, 0.6) is 0 Å². The minimum absolute atomic E-state index is 0.156. The summed E-state index contributed by atoms with van der Waals surface area (Å²) >= 11 is 18.7. The van der Waals surface area contributed by atoms with Gasteiger partial charge in [-0.2, -0.15) is 0 Å². The number of amides is 1. The van der Waals surface area contributed by atoms with Crippen molar-refractivity contribution in [3.8, 4) is 11.3 Å². The molecule has 0 atom stereocenters. The maximum absolute atomic E-state index is 12.9. The molecule has 1 aromatic heterocycles. The Hall–Kier alpha value is -2.05. The molecule has 3 aromatic rings. The third kappa shape index (κ3) is 4.14. The van der Waals surface area contributed by atoms with Crippen LogP contribution >= 0.6 is 47.2 Å². The van der Waals surface area contributed by atoms with Gasteiger partial charge in [0.15, 0.2) is 4.32 Å². The van der Waals surface area contributed by atoms with Crippen LogP contribution in [0.3, 0.4) is 0 Å². The lowest BCUT2D eigenvalue weighted by Gasteiger charge is -2.14. The lowest BCUT2D eigenvalue weighted by molar-refractivity contribution is -0.113. The SMILES string of the molecule is CCc1ccc(N2C(=O)C(=Cc3ccc(-c4ccc(Cl)c(Cl)c4)o3)SC2=S)cc1. The molecule has 0 saturated carbocycles. The molecular weight excluding hydrogens is 445 g/mol. The van der Waals surface area contributed by atoms with Crippen LogP contribution in [0.25, 0.3) is 17.4 Å². The number of benzene rings is 2. The number of anilines is 1. The van der Waals surface area contributed by atoms with Crippen molar-refractivity contribution < 1.29 is 9.21 Å².